The molecule has 3 rings (SSSR count). The zero-order valence-corrected chi connectivity index (χ0v) is 10.9. The Kier molecular flexibility index (Phi) is 2.69. The smallest absolute Gasteiger partial charge is 0.247 e. The van der Waals surface area contributed by atoms with Gasteiger partial charge in [0.1, 0.15) is 6.04 Å². The monoisotopic (exact) mass is 259 g/mol. The maximum Gasteiger partial charge on any atom is 0.247 e. The highest BCUT2D eigenvalue weighted by molar-refractivity contribution is 5.94. The fourth-order valence-corrected chi connectivity index (χ4v) is 2.96. The number of amides is 2. The molecule has 2 N–H and O–H groups in total. The van der Waals surface area contributed by atoms with E-state index < -0.39 is 0 Å². The summed E-state index contributed by atoms with van der Waals surface area (Å²) in [6.45, 7) is 0.680. The molecule has 0 bridgehead atoms. The number of carbonyl (C=O) groups excluding carboxylic acids is 2. The Balaban J connectivity index is 1.68. The van der Waals surface area contributed by atoms with Gasteiger partial charge in [0, 0.05) is 19.3 Å². The van der Waals surface area contributed by atoms with Crippen LogP contribution in [0.3, 0.4) is 0 Å². The lowest BCUT2D eigenvalue weighted by Gasteiger charge is -2.43. The third-order valence-electron chi connectivity index (χ3n) is 4.12. The van der Waals surface area contributed by atoms with Crippen LogP contribution in [0.5, 0.6) is 0 Å². The van der Waals surface area contributed by atoms with Gasteiger partial charge in [0.25, 0.3) is 0 Å². The molecule has 0 radical (unpaired) electrons. The van der Waals surface area contributed by atoms with Crippen LogP contribution in [0.15, 0.2) is 24.3 Å². The molecule has 2 heterocycles. The van der Waals surface area contributed by atoms with Gasteiger partial charge in [-0.15, -0.1) is 0 Å². The summed E-state index contributed by atoms with van der Waals surface area (Å²) in [6, 6.07) is 7.30. The van der Waals surface area contributed by atoms with E-state index in [1.54, 1.807) is 29.0 Å². The maximum absolute atomic E-state index is 12.3. The molecule has 2 atom stereocenters. The zero-order valence-electron chi connectivity index (χ0n) is 10.9. The summed E-state index contributed by atoms with van der Waals surface area (Å²) < 4.78 is 0. The lowest BCUT2D eigenvalue weighted by molar-refractivity contribution is -0.156. The van der Waals surface area contributed by atoms with E-state index in [2.05, 4.69) is 0 Å². The Morgan fingerprint density at radius 2 is 2.05 bits per heavy atom. The lowest BCUT2D eigenvalue weighted by Crippen LogP contribution is -2.65. The van der Waals surface area contributed by atoms with Crippen LogP contribution < -0.4 is 5.73 Å². The van der Waals surface area contributed by atoms with Crippen molar-refractivity contribution in [2.24, 2.45) is 0 Å². The predicted molar refractivity (Wildman–Crippen MR) is 71.2 cm³/mol. The molecule has 2 aliphatic rings. The number of rotatable bonds is 2. The number of likely N-dealkylation sites (N-methyl/N-ethyl adjacent to an activating group) is 1. The molecular weight excluding hydrogens is 242 g/mol. The number of nitrogens with zero attached hydrogens (tertiary/aromatic N) is 2. The number of nitrogens with two attached hydrogens (primary N) is 1. The fraction of sp³-hybridized carbons (Fsp3) is 0.429. The first-order chi connectivity index (χ1) is 9.08. The van der Waals surface area contributed by atoms with Crippen molar-refractivity contribution in [2.45, 2.75) is 24.9 Å². The molecule has 2 amide bonds. The molecular formula is C14H17N3O2. The summed E-state index contributed by atoms with van der Waals surface area (Å²) in [4.78, 5) is 27.5. The molecule has 1 aromatic rings. The summed E-state index contributed by atoms with van der Waals surface area (Å²) in [5.41, 5.74) is 7.24. The van der Waals surface area contributed by atoms with Crippen LogP contribution in [0.25, 0.3) is 0 Å². The third kappa shape index (κ3) is 1.85. The van der Waals surface area contributed by atoms with Crippen LogP contribution in [0, 0.1) is 0 Å². The van der Waals surface area contributed by atoms with Crippen LogP contribution in [0.4, 0.5) is 5.69 Å². The molecule has 0 saturated carbocycles. The fourth-order valence-electron chi connectivity index (χ4n) is 2.96. The van der Waals surface area contributed by atoms with Crippen molar-refractivity contribution in [3.05, 3.63) is 29.8 Å². The Hall–Kier alpha value is -2.04. The number of hydrogen-bond acceptors (Lipinski definition) is 3. The van der Waals surface area contributed by atoms with Gasteiger partial charge in [-0.1, -0.05) is 12.1 Å². The quantitative estimate of drug-likeness (QED) is 0.611. The van der Waals surface area contributed by atoms with Gasteiger partial charge in [0.15, 0.2) is 0 Å². The first-order valence-electron chi connectivity index (χ1n) is 6.48. The van der Waals surface area contributed by atoms with Crippen LogP contribution in [0.2, 0.25) is 0 Å². The minimum atomic E-state index is -0.216. The number of benzene rings is 1. The SMILES string of the molecule is CN1C(=O)[C@@H]2[C@H]1CCN2C(=O)Cc1ccc(N)cc1. The number of fused-ring (bicyclic) bond motifs is 1. The first-order valence-corrected chi connectivity index (χ1v) is 6.48. The van der Waals surface area contributed by atoms with Gasteiger partial charge in [-0.25, -0.2) is 0 Å². The molecule has 5 heteroatoms. The van der Waals surface area contributed by atoms with E-state index in [4.69, 9.17) is 5.73 Å². The third-order valence-corrected chi connectivity index (χ3v) is 4.12. The van der Waals surface area contributed by atoms with Gasteiger partial charge in [-0.05, 0) is 24.1 Å². The van der Waals surface area contributed by atoms with E-state index >= 15 is 0 Å². The zero-order chi connectivity index (χ0) is 13.6. The molecule has 0 unspecified atom stereocenters. The molecule has 0 aliphatic carbocycles. The summed E-state index contributed by atoms with van der Waals surface area (Å²) in [5, 5.41) is 0. The number of nitrogen functional groups attached to an aromatic ring is 1. The van der Waals surface area contributed by atoms with Crippen molar-refractivity contribution in [3.63, 3.8) is 0 Å². The van der Waals surface area contributed by atoms with E-state index in [1.807, 2.05) is 12.1 Å². The van der Waals surface area contributed by atoms with Crippen molar-refractivity contribution >= 4 is 17.5 Å². The molecule has 100 valence electrons. The van der Waals surface area contributed by atoms with E-state index in [9.17, 15) is 9.59 Å². The second-order valence-corrected chi connectivity index (χ2v) is 5.26. The van der Waals surface area contributed by atoms with E-state index in [1.165, 1.54) is 0 Å². The van der Waals surface area contributed by atoms with E-state index in [0.717, 1.165) is 12.0 Å². The van der Waals surface area contributed by atoms with Gasteiger partial charge >= 0.3 is 0 Å². The van der Waals surface area contributed by atoms with Gasteiger partial charge in [0.05, 0.1) is 12.5 Å². The molecule has 2 aliphatic heterocycles. The normalized spacial score (nSPS) is 25.2. The molecule has 5 nitrogen and oxygen atoms in total. The highest BCUT2D eigenvalue weighted by Crippen LogP contribution is 2.32. The second-order valence-electron chi connectivity index (χ2n) is 5.26. The average molecular weight is 259 g/mol. The topological polar surface area (TPSA) is 66.6 Å². The Labute approximate surface area is 112 Å². The number of carbonyl (C=O) groups is 2. The minimum absolute atomic E-state index is 0.0266. The summed E-state index contributed by atoms with van der Waals surface area (Å²) >= 11 is 0. The maximum atomic E-state index is 12.3. The predicted octanol–water partition coefficient (Wildman–Crippen LogP) is 0.253. The van der Waals surface area contributed by atoms with E-state index in [-0.39, 0.29) is 23.9 Å². The Morgan fingerprint density at radius 3 is 2.74 bits per heavy atom. The highest BCUT2D eigenvalue weighted by atomic mass is 16.2. The van der Waals surface area contributed by atoms with Crippen molar-refractivity contribution in [1.82, 2.24) is 9.80 Å². The molecule has 2 fully saturated rings. The van der Waals surface area contributed by atoms with Crippen molar-refractivity contribution in [3.8, 4) is 0 Å². The summed E-state index contributed by atoms with van der Waals surface area (Å²) in [6.07, 6.45) is 1.22. The number of hydrogen-bond donors (Lipinski definition) is 1. The van der Waals surface area contributed by atoms with Crippen LogP contribution in [-0.4, -0.2) is 47.3 Å². The summed E-state index contributed by atoms with van der Waals surface area (Å²) in [7, 11) is 1.80. The first kappa shape index (κ1) is 12.0. The summed E-state index contributed by atoms with van der Waals surface area (Å²) in [5.74, 6) is 0.0897. The number of anilines is 1. The largest absolute Gasteiger partial charge is 0.399 e. The Bertz CT molecular complexity index is 526. The van der Waals surface area contributed by atoms with Crippen LogP contribution in [0.1, 0.15) is 12.0 Å². The van der Waals surface area contributed by atoms with Gasteiger partial charge in [0.2, 0.25) is 11.8 Å². The number of likely N-dealkylation sites (tertiary alicyclic amines) is 2. The van der Waals surface area contributed by atoms with Crippen LogP contribution >= 0.6 is 0 Å². The standard InChI is InChI=1S/C14H17N3O2/c1-16-11-6-7-17(13(11)14(16)19)12(18)8-9-2-4-10(15)5-3-9/h2-5,11,13H,6-8,15H2,1H3/t11-,13+/m1/s1. The molecule has 2 saturated heterocycles. The van der Waals surface area contributed by atoms with Gasteiger partial charge < -0.3 is 15.5 Å². The minimum Gasteiger partial charge on any atom is -0.399 e. The molecule has 0 spiro atoms. The van der Waals surface area contributed by atoms with Crippen molar-refractivity contribution in [1.29, 1.82) is 0 Å². The molecule has 1 aromatic carbocycles. The Morgan fingerprint density at radius 1 is 1.37 bits per heavy atom. The number of β-lactam (4-membered cyclic amide) rings is 1. The second kappa shape index (κ2) is 4.26. The van der Waals surface area contributed by atoms with E-state index in [0.29, 0.717) is 18.7 Å². The molecule has 0 aromatic heterocycles. The van der Waals surface area contributed by atoms with Gasteiger partial charge in [-0.3, -0.25) is 9.59 Å². The average Bonchev–Trinajstić information content (AvgIpc) is 2.81. The van der Waals surface area contributed by atoms with Crippen molar-refractivity contribution < 1.29 is 9.59 Å². The van der Waals surface area contributed by atoms with Crippen molar-refractivity contribution in [2.75, 3.05) is 19.3 Å². The molecule has 19 heavy (non-hydrogen) atoms. The van der Waals surface area contributed by atoms with Gasteiger partial charge in [-0.2, -0.15) is 0 Å². The highest BCUT2D eigenvalue weighted by Gasteiger charge is 2.53. The lowest BCUT2D eigenvalue weighted by atomic mass is 9.97. The van der Waals surface area contributed by atoms with Crippen LogP contribution in [-0.2, 0) is 16.0 Å².